The molecule has 0 radical (unpaired) electrons. The van der Waals surface area contributed by atoms with E-state index in [1.165, 1.54) is 0 Å². The Morgan fingerprint density at radius 1 is 1.25 bits per heavy atom. The molecule has 0 aliphatic carbocycles. The van der Waals surface area contributed by atoms with E-state index in [-0.39, 0.29) is 18.2 Å². The summed E-state index contributed by atoms with van der Waals surface area (Å²) in [7, 11) is 1.63. The third kappa shape index (κ3) is 2.51. The Hall–Kier alpha value is -2.53. The number of rotatable bonds is 6. The van der Waals surface area contributed by atoms with E-state index in [1.54, 1.807) is 19.2 Å². The number of benzene rings is 2. The molecule has 1 atom stereocenters. The molecule has 1 unspecified atom stereocenters. The van der Waals surface area contributed by atoms with Crippen LogP contribution in [-0.4, -0.2) is 34.5 Å². The smallest absolute Gasteiger partial charge is 0.335 e. The first-order valence-electron chi connectivity index (χ1n) is 8.07. The Bertz CT molecular complexity index is 897. The van der Waals surface area contributed by atoms with Gasteiger partial charge in [0.2, 0.25) is 0 Å². The first kappa shape index (κ1) is 16.3. The van der Waals surface area contributed by atoms with Crippen molar-refractivity contribution in [3.63, 3.8) is 0 Å². The average molecular weight is 327 g/mol. The second kappa shape index (κ2) is 6.53. The number of carbonyl (C=O) groups is 1. The number of carboxylic acid groups (broad SMARTS) is 1. The van der Waals surface area contributed by atoms with Gasteiger partial charge in [-0.05, 0) is 37.1 Å². The normalized spacial score (nSPS) is 12.6. The van der Waals surface area contributed by atoms with Crippen LogP contribution in [0.1, 0.15) is 36.2 Å². The van der Waals surface area contributed by atoms with E-state index in [4.69, 9.17) is 4.74 Å². The highest BCUT2D eigenvalue weighted by molar-refractivity contribution is 6.12. The topological polar surface area (TPSA) is 71.7 Å². The molecule has 0 fully saturated rings. The minimum absolute atomic E-state index is 0.0856. The highest BCUT2D eigenvalue weighted by Gasteiger charge is 2.20. The van der Waals surface area contributed by atoms with Crippen molar-refractivity contribution in [1.29, 1.82) is 0 Å². The summed E-state index contributed by atoms with van der Waals surface area (Å²) in [4.78, 5) is 11.4. The number of aliphatic hydroxyl groups is 1. The summed E-state index contributed by atoms with van der Waals surface area (Å²) in [5.41, 5.74) is 2.10. The van der Waals surface area contributed by atoms with Gasteiger partial charge in [0.05, 0.1) is 23.7 Å². The fourth-order valence-corrected chi connectivity index (χ4v) is 3.42. The van der Waals surface area contributed by atoms with Gasteiger partial charge in [0.25, 0.3) is 0 Å². The number of hydrogen-bond acceptors (Lipinski definition) is 3. The van der Waals surface area contributed by atoms with Crippen molar-refractivity contribution in [2.24, 2.45) is 0 Å². The maximum atomic E-state index is 11.4. The van der Waals surface area contributed by atoms with E-state index in [9.17, 15) is 15.0 Å². The Kier molecular flexibility index (Phi) is 4.44. The first-order chi connectivity index (χ1) is 11.6. The number of aromatic carboxylic acids is 1. The molecule has 0 spiro atoms. The number of fused-ring (bicyclic) bond motifs is 3. The molecule has 0 amide bonds. The molecule has 0 aliphatic heterocycles. The molecule has 0 saturated carbocycles. The van der Waals surface area contributed by atoms with Gasteiger partial charge in [-0.15, -0.1) is 0 Å². The predicted molar refractivity (Wildman–Crippen MR) is 94.0 cm³/mol. The van der Waals surface area contributed by atoms with Crippen molar-refractivity contribution in [2.45, 2.75) is 25.8 Å². The van der Waals surface area contributed by atoms with Crippen molar-refractivity contribution in [2.75, 3.05) is 13.7 Å². The molecule has 5 nitrogen and oxygen atoms in total. The van der Waals surface area contributed by atoms with Crippen LogP contribution in [0.3, 0.4) is 0 Å². The van der Waals surface area contributed by atoms with Crippen LogP contribution in [0.25, 0.3) is 21.8 Å². The summed E-state index contributed by atoms with van der Waals surface area (Å²) in [5.74, 6) is -0.186. The first-order valence-corrected chi connectivity index (χ1v) is 8.07. The van der Waals surface area contributed by atoms with E-state index < -0.39 is 5.97 Å². The van der Waals surface area contributed by atoms with Crippen LogP contribution in [0.15, 0.2) is 36.4 Å². The van der Waals surface area contributed by atoms with Gasteiger partial charge in [0.15, 0.2) is 0 Å². The van der Waals surface area contributed by atoms with Crippen molar-refractivity contribution in [3.8, 4) is 5.75 Å². The minimum atomic E-state index is -0.948. The van der Waals surface area contributed by atoms with Crippen LogP contribution >= 0.6 is 0 Å². The van der Waals surface area contributed by atoms with E-state index >= 15 is 0 Å². The Morgan fingerprint density at radius 3 is 2.67 bits per heavy atom. The molecule has 0 bridgehead atoms. The number of ether oxygens (including phenoxy) is 1. The summed E-state index contributed by atoms with van der Waals surface area (Å²) < 4.78 is 7.66. The zero-order valence-electron chi connectivity index (χ0n) is 13.8. The number of nitrogens with zero attached hydrogens (tertiary/aromatic N) is 1. The fraction of sp³-hybridized carbons (Fsp3) is 0.316. The molecule has 126 valence electrons. The lowest BCUT2D eigenvalue weighted by molar-refractivity contribution is 0.0697. The number of aromatic nitrogens is 1. The van der Waals surface area contributed by atoms with Crippen LogP contribution in [0.5, 0.6) is 5.75 Å². The van der Waals surface area contributed by atoms with Crippen LogP contribution in [0.2, 0.25) is 0 Å². The van der Waals surface area contributed by atoms with Gasteiger partial charge in [0, 0.05) is 23.4 Å². The predicted octanol–water partition coefficient (Wildman–Crippen LogP) is 3.83. The van der Waals surface area contributed by atoms with Crippen molar-refractivity contribution >= 4 is 27.8 Å². The van der Waals surface area contributed by atoms with E-state index in [0.29, 0.717) is 6.42 Å². The van der Waals surface area contributed by atoms with Crippen LogP contribution < -0.4 is 4.74 Å². The summed E-state index contributed by atoms with van der Waals surface area (Å²) in [5, 5.41) is 20.7. The Morgan fingerprint density at radius 2 is 2.04 bits per heavy atom. The highest BCUT2D eigenvalue weighted by Crippen LogP contribution is 2.39. The lowest BCUT2D eigenvalue weighted by Crippen LogP contribution is -2.10. The number of aliphatic hydroxyl groups excluding tert-OH is 1. The van der Waals surface area contributed by atoms with Crippen LogP contribution in [0, 0.1) is 0 Å². The SMILES string of the molecule is CCC(CCO)n1c2cc(C(=O)O)ccc2c2c(OC)cccc21. The van der Waals surface area contributed by atoms with Gasteiger partial charge in [-0.2, -0.15) is 0 Å². The molecule has 3 aromatic rings. The van der Waals surface area contributed by atoms with Crippen molar-refractivity contribution in [1.82, 2.24) is 4.57 Å². The number of carboxylic acids is 1. The maximum Gasteiger partial charge on any atom is 0.335 e. The second-order valence-corrected chi connectivity index (χ2v) is 5.84. The molecular weight excluding hydrogens is 306 g/mol. The summed E-state index contributed by atoms with van der Waals surface area (Å²) in [6.45, 7) is 2.15. The second-order valence-electron chi connectivity index (χ2n) is 5.84. The standard InChI is InChI=1S/C19H21NO4/c1-3-13(9-10-21)20-15-5-4-6-17(24-2)18(15)14-8-7-12(19(22)23)11-16(14)20/h4-8,11,13,21H,3,9-10H2,1-2H3,(H,22,23). The number of methoxy groups -OCH3 is 1. The van der Waals surface area contributed by atoms with Gasteiger partial charge in [-0.25, -0.2) is 4.79 Å². The Labute approximate surface area is 140 Å². The van der Waals surface area contributed by atoms with Crippen molar-refractivity contribution < 1.29 is 19.7 Å². The summed E-state index contributed by atoms with van der Waals surface area (Å²) in [6.07, 6.45) is 1.46. The van der Waals surface area contributed by atoms with E-state index in [2.05, 4.69) is 11.5 Å². The van der Waals surface area contributed by atoms with Gasteiger partial charge < -0.3 is 19.5 Å². The summed E-state index contributed by atoms with van der Waals surface area (Å²) in [6, 6.07) is 11.1. The number of hydrogen-bond donors (Lipinski definition) is 2. The van der Waals surface area contributed by atoms with Gasteiger partial charge >= 0.3 is 5.97 Å². The molecule has 2 N–H and O–H groups in total. The molecule has 24 heavy (non-hydrogen) atoms. The van der Waals surface area contributed by atoms with E-state index in [0.717, 1.165) is 34.0 Å². The molecule has 5 heteroatoms. The minimum Gasteiger partial charge on any atom is -0.496 e. The third-order valence-electron chi connectivity index (χ3n) is 4.56. The van der Waals surface area contributed by atoms with Gasteiger partial charge in [-0.3, -0.25) is 0 Å². The zero-order valence-corrected chi connectivity index (χ0v) is 13.8. The molecule has 1 heterocycles. The third-order valence-corrected chi connectivity index (χ3v) is 4.56. The summed E-state index contributed by atoms with van der Waals surface area (Å²) >= 11 is 0. The lowest BCUT2D eigenvalue weighted by atomic mass is 10.1. The lowest BCUT2D eigenvalue weighted by Gasteiger charge is -2.19. The Balaban J connectivity index is 2.43. The zero-order chi connectivity index (χ0) is 17.3. The molecular formula is C19H21NO4. The van der Waals surface area contributed by atoms with Crippen molar-refractivity contribution in [3.05, 3.63) is 42.0 Å². The average Bonchev–Trinajstić information content (AvgIpc) is 2.93. The quantitative estimate of drug-likeness (QED) is 0.721. The van der Waals surface area contributed by atoms with E-state index in [1.807, 2.05) is 24.3 Å². The molecule has 0 saturated heterocycles. The monoisotopic (exact) mass is 327 g/mol. The largest absolute Gasteiger partial charge is 0.496 e. The van der Waals surface area contributed by atoms with Crippen LogP contribution in [0.4, 0.5) is 0 Å². The van der Waals surface area contributed by atoms with Gasteiger partial charge in [0.1, 0.15) is 5.75 Å². The fourth-order valence-electron chi connectivity index (χ4n) is 3.42. The van der Waals surface area contributed by atoms with Gasteiger partial charge in [-0.1, -0.05) is 19.1 Å². The molecule has 1 aromatic heterocycles. The molecule has 2 aromatic carbocycles. The molecule has 3 rings (SSSR count). The maximum absolute atomic E-state index is 11.4. The molecule has 0 aliphatic rings. The highest BCUT2D eigenvalue weighted by atomic mass is 16.5. The van der Waals surface area contributed by atoms with Crippen LogP contribution in [-0.2, 0) is 0 Å².